The summed E-state index contributed by atoms with van der Waals surface area (Å²) in [5, 5.41) is 0. The molecule has 0 radical (unpaired) electrons. The minimum absolute atomic E-state index is 0.0305. The summed E-state index contributed by atoms with van der Waals surface area (Å²) in [5.41, 5.74) is 1.41. The van der Waals surface area contributed by atoms with Crippen LogP contribution in [-0.4, -0.2) is 35.9 Å². The van der Waals surface area contributed by atoms with Gasteiger partial charge in [-0.25, -0.2) is 9.79 Å². The van der Waals surface area contributed by atoms with Gasteiger partial charge < -0.3 is 23.7 Å². The predicted molar refractivity (Wildman–Crippen MR) is 142 cm³/mol. The second-order valence-corrected chi connectivity index (χ2v) is 9.82. The maximum atomic E-state index is 13.8. The summed E-state index contributed by atoms with van der Waals surface area (Å²) in [6.07, 6.45) is 1.61. The molecule has 0 bridgehead atoms. The smallest absolute Gasteiger partial charge is 0.338 e. The average molecular weight is 565 g/mol. The Kier molecular flexibility index (Phi) is 7.26. The Morgan fingerprint density at radius 1 is 1.05 bits per heavy atom. The third-order valence-electron chi connectivity index (χ3n) is 6.00. The molecule has 1 unspecified atom stereocenters. The van der Waals surface area contributed by atoms with Crippen LogP contribution in [0.25, 0.3) is 6.08 Å². The molecule has 40 heavy (non-hydrogen) atoms. The van der Waals surface area contributed by atoms with E-state index in [0.717, 1.165) is 11.3 Å². The molecule has 0 saturated heterocycles. The van der Waals surface area contributed by atoms with Crippen molar-refractivity contribution in [3.63, 3.8) is 0 Å². The SMILES string of the molecule is CCOC(=O)C1=C(C)N=c2s/c(=C\c3ccc(OC(C)=O)c(OC(C)=O)c3)c(=O)n2C1c1ccc2c(c1)OCO2. The second kappa shape index (κ2) is 10.8. The molecule has 5 rings (SSSR count). The fraction of sp³-hybridized carbons (Fsp3) is 0.250. The van der Waals surface area contributed by atoms with Gasteiger partial charge in [0.2, 0.25) is 6.79 Å². The van der Waals surface area contributed by atoms with Crippen LogP contribution < -0.4 is 33.8 Å². The second-order valence-electron chi connectivity index (χ2n) is 8.81. The average Bonchev–Trinajstić information content (AvgIpc) is 3.48. The first-order valence-electron chi connectivity index (χ1n) is 12.3. The number of esters is 3. The van der Waals surface area contributed by atoms with Gasteiger partial charge in [0.05, 0.1) is 28.5 Å². The van der Waals surface area contributed by atoms with E-state index in [-0.39, 0.29) is 36.0 Å². The normalized spacial score (nSPS) is 15.8. The summed E-state index contributed by atoms with van der Waals surface area (Å²) in [4.78, 5) is 55.0. The molecule has 206 valence electrons. The molecule has 0 aliphatic carbocycles. The molecule has 0 amide bonds. The number of thiazole rings is 1. The Morgan fingerprint density at radius 2 is 1.77 bits per heavy atom. The summed E-state index contributed by atoms with van der Waals surface area (Å²) in [5.74, 6) is -0.588. The monoisotopic (exact) mass is 564 g/mol. The van der Waals surface area contributed by atoms with Crippen molar-refractivity contribution >= 4 is 35.3 Å². The van der Waals surface area contributed by atoms with Crippen LogP contribution in [-0.2, 0) is 19.1 Å². The zero-order chi connectivity index (χ0) is 28.6. The van der Waals surface area contributed by atoms with Crippen LogP contribution in [0.15, 0.2) is 57.5 Å². The molecule has 11 nitrogen and oxygen atoms in total. The topological polar surface area (TPSA) is 132 Å². The molecule has 2 aliphatic heterocycles. The quantitative estimate of drug-likeness (QED) is 0.327. The van der Waals surface area contributed by atoms with Crippen LogP contribution >= 0.6 is 11.3 Å². The van der Waals surface area contributed by atoms with Crippen molar-refractivity contribution in [2.75, 3.05) is 13.4 Å². The summed E-state index contributed by atoms with van der Waals surface area (Å²) >= 11 is 1.14. The fourth-order valence-electron chi connectivity index (χ4n) is 4.43. The van der Waals surface area contributed by atoms with Crippen molar-refractivity contribution in [1.29, 1.82) is 0 Å². The Bertz CT molecular complexity index is 1770. The maximum absolute atomic E-state index is 13.8. The van der Waals surface area contributed by atoms with Gasteiger partial charge in [-0.2, -0.15) is 0 Å². The van der Waals surface area contributed by atoms with E-state index < -0.39 is 23.9 Å². The molecule has 12 heteroatoms. The minimum Gasteiger partial charge on any atom is -0.463 e. The number of hydrogen-bond acceptors (Lipinski definition) is 11. The van der Waals surface area contributed by atoms with E-state index in [1.807, 2.05) is 0 Å². The number of ether oxygens (including phenoxy) is 5. The largest absolute Gasteiger partial charge is 0.463 e. The third-order valence-corrected chi connectivity index (χ3v) is 6.99. The van der Waals surface area contributed by atoms with Gasteiger partial charge in [-0.3, -0.25) is 19.0 Å². The summed E-state index contributed by atoms with van der Waals surface area (Å²) in [7, 11) is 0. The maximum Gasteiger partial charge on any atom is 0.338 e. The van der Waals surface area contributed by atoms with Crippen LogP contribution in [0.2, 0.25) is 0 Å². The Morgan fingerprint density at radius 3 is 2.50 bits per heavy atom. The predicted octanol–water partition coefficient (Wildman–Crippen LogP) is 2.38. The van der Waals surface area contributed by atoms with Gasteiger partial charge in [0.25, 0.3) is 5.56 Å². The zero-order valence-corrected chi connectivity index (χ0v) is 22.8. The van der Waals surface area contributed by atoms with Gasteiger partial charge in [-0.1, -0.05) is 23.5 Å². The molecular weight excluding hydrogens is 540 g/mol. The van der Waals surface area contributed by atoms with E-state index in [0.29, 0.717) is 37.7 Å². The number of carbonyl (C=O) groups is 3. The van der Waals surface area contributed by atoms with Crippen molar-refractivity contribution in [2.45, 2.75) is 33.7 Å². The van der Waals surface area contributed by atoms with Crippen molar-refractivity contribution in [2.24, 2.45) is 4.99 Å². The van der Waals surface area contributed by atoms with Crippen LogP contribution in [0, 0.1) is 0 Å². The van der Waals surface area contributed by atoms with Crippen LogP contribution in [0.1, 0.15) is 44.9 Å². The fourth-order valence-corrected chi connectivity index (χ4v) is 5.48. The molecule has 0 saturated carbocycles. The number of carbonyl (C=O) groups excluding carboxylic acids is 3. The first-order chi connectivity index (χ1) is 19.2. The van der Waals surface area contributed by atoms with Crippen molar-refractivity contribution < 1.29 is 38.1 Å². The van der Waals surface area contributed by atoms with Gasteiger partial charge in [0.1, 0.15) is 0 Å². The highest BCUT2D eigenvalue weighted by atomic mass is 32.1. The lowest BCUT2D eigenvalue weighted by molar-refractivity contribution is -0.139. The zero-order valence-electron chi connectivity index (χ0n) is 22.0. The van der Waals surface area contributed by atoms with E-state index in [1.165, 1.54) is 30.5 Å². The number of benzene rings is 2. The molecule has 0 spiro atoms. The number of allylic oxidation sites excluding steroid dienone is 1. The number of fused-ring (bicyclic) bond motifs is 2. The lowest BCUT2D eigenvalue weighted by Gasteiger charge is -2.24. The Balaban J connectivity index is 1.66. The van der Waals surface area contributed by atoms with Crippen molar-refractivity contribution in [3.8, 4) is 23.0 Å². The third kappa shape index (κ3) is 5.13. The van der Waals surface area contributed by atoms with Gasteiger partial charge in [-0.05, 0) is 55.3 Å². The van der Waals surface area contributed by atoms with Crippen LogP contribution in [0.4, 0.5) is 0 Å². The number of rotatable bonds is 6. The van der Waals surface area contributed by atoms with Crippen LogP contribution in [0.3, 0.4) is 0 Å². The van der Waals surface area contributed by atoms with E-state index in [2.05, 4.69) is 4.99 Å². The Labute approximate surface area is 231 Å². The molecule has 3 heterocycles. The molecule has 0 N–H and O–H groups in total. The highest BCUT2D eigenvalue weighted by molar-refractivity contribution is 7.07. The van der Waals surface area contributed by atoms with E-state index in [1.54, 1.807) is 44.2 Å². The van der Waals surface area contributed by atoms with Crippen molar-refractivity contribution in [3.05, 3.63) is 78.5 Å². The van der Waals surface area contributed by atoms with Gasteiger partial charge in [0.15, 0.2) is 27.8 Å². The molecule has 3 aromatic rings. The molecule has 0 fully saturated rings. The molecule has 2 aliphatic rings. The highest BCUT2D eigenvalue weighted by Crippen LogP contribution is 2.38. The number of nitrogens with zero attached hydrogens (tertiary/aromatic N) is 2. The number of hydrogen-bond donors (Lipinski definition) is 0. The van der Waals surface area contributed by atoms with Crippen LogP contribution in [0.5, 0.6) is 23.0 Å². The first-order valence-corrected chi connectivity index (χ1v) is 13.1. The lowest BCUT2D eigenvalue weighted by atomic mass is 9.95. The summed E-state index contributed by atoms with van der Waals surface area (Å²) in [6, 6.07) is 8.99. The van der Waals surface area contributed by atoms with Crippen molar-refractivity contribution in [1.82, 2.24) is 4.57 Å². The standard InChI is InChI=1S/C28H24N2O9S/c1-5-35-27(34)24-14(2)29-28-30(25(24)18-7-9-19-21(12-18)37-13-36-19)26(33)23(40-28)11-17-6-8-20(38-15(3)31)22(10-17)39-16(4)32/h6-12,25H,5,13H2,1-4H3/b23-11-. The number of aromatic nitrogens is 1. The molecule has 1 atom stereocenters. The summed E-state index contributed by atoms with van der Waals surface area (Å²) < 4.78 is 28.4. The van der Waals surface area contributed by atoms with E-state index in [9.17, 15) is 19.2 Å². The summed E-state index contributed by atoms with van der Waals surface area (Å²) in [6.45, 7) is 6.09. The van der Waals surface area contributed by atoms with Gasteiger partial charge in [0, 0.05) is 13.8 Å². The molecule has 2 aromatic carbocycles. The first kappa shape index (κ1) is 26.9. The minimum atomic E-state index is -0.824. The highest BCUT2D eigenvalue weighted by Gasteiger charge is 2.34. The van der Waals surface area contributed by atoms with Gasteiger partial charge >= 0.3 is 17.9 Å². The molecular formula is C28H24N2O9S. The molecule has 1 aromatic heterocycles. The van der Waals surface area contributed by atoms with Gasteiger partial charge in [-0.15, -0.1) is 0 Å². The lowest BCUT2D eigenvalue weighted by Crippen LogP contribution is -2.39. The van der Waals surface area contributed by atoms with E-state index >= 15 is 0 Å². The van der Waals surface area contributed by atoms with E-state index in [4.69, 9.17) is 23.7 Å². The Hall–Kier alpha value is -4.71.